The summed E-state index contributed by atoms with van der Waals surface area (Å²) < 4.78 is 0. The summed E-state index contributed by atoms with van der Waals surface area (Å²) in [5.74, 6) is 0.101. The van der Waals surface area contributed by atoms with E-state index in [4.69, 9.17) is 0 Å². The van der Waals surface area contributed by atoms with Crippen molar-refractivity contribution in [3.8, 4) is 0 Å². The molecule has 2 rings (SSSR count). The van der Waals surface area contributed by atoms with Gasteiger partial charge in [-0.3, -0.25) is 4.79 Å². The Hall–Kier alpha value is -1.31. The second-order valence-corrected chi connectivity index (χ2v) is 4.34. The largest absolute Gasteiger partial charge is 0.349 e. The van der Waals surface area contributed by atoms with Crippen molar-refractivity contribution in [1.29, 1.82) is 0 Å². The van der Waals surface area contributed by atoms with Crippen LogP contribution in [0.3, 0.4) is 0 Å². The van der Waals surface area contributed by atoms with Gasteiger partial charge in [0.1, 0.15) is 0 Å². The van der Waals surface area contributed by atoms with Gasteiger partial charge in [-0.05, 0) is 43.4 Å². The molecule has 0 spiro atoms. The van der Waals surface area contributed by atoms with Gasteiger partial charge < -0.3 is 5.32 Å². The van der Waals surface area contributed by atoms with E-state index < -0.39 is 0 Å². The maximum atomic E-state index is 11.9. The molecule has 0 radical (unpaired) electrons. The lowest BCUT2D eigenvalue weighted by molar-refractivity contribution is 0.0923. The van der Waals surface area contributed by atoms with Crippen LogP contribution in [0, 0.1) is 13.8 Å². The predicted octanol–water partition coefficient (Wildman–Crippen LogP) is 2.37. The van der Waals surface area contributed by atoms with E-state index in [0.717, 1.165) is 24.0 Å². The number of carbonyl (C=O) groups excluding carboxylic acids is 1. The Kier molecular flexibility index (Phi) is 2.51. The smallest absolute Gasteiger partial charge is 0.252 e. The molecule has 15 heavy (non-hydrogen) atoms. The second kappa shape index (κ2) is 3.69. The fraction of sp³-hybridized carbons (Fsp3) is 0.462. The first-order valence-corrected chi connectivity index (χ1v) is 5.53. The van der Waals surface area contributed by atoms with Crippen molar-refractivity contribution in [2.24, 2.45) is 0 Å². The van der Waals surface area contributed by atoms with E-state index in [2.05, 4.69) is 25.2 Å². The summed E-state index contributed by atoms with van der Waals surface area (Å²) in [7, 11) is 0. The molecule has 1 amide bonds. The van der Waals surface area contributed by atoms with Crippen LogP contribution >= 0.6 is 0 Å². The quantitative estimate of drug-likeness (QED) is 0.746. The summed E-state index contributed by atoms with van der Waals surface area (Å²) >= 11 is 0. The highest BCUT2D eigenvalue weighted by molar-refractivity contribution is 5.98. The number of hydrogen-bond donors (Lipinski definition) is 1. The van der Waals surface area contributed by atoms with Crippen LogP contribution in [0.5, 0.6) is 0 Å². The van der Waals surface area contributed by atoms with Crippen molar-refractivity contribution in [2.45, 2.75) is 39.7 Å². The van der Waals surface area contributed by atoms with Crippen LogP contribution in [-0.2, 0) is 6.42 Å². The number of amides is 1. The molecule has 0 saturated heterocycles. The van der Waals surface area contributed by atoms with Crippen molar-refractivity contribution >= 4 is 5.91 Å². The molecule has 0 fully saturated rings. The van der Waals surface area contributed by atoms with E-state index in [1.165, 1.54) is 11.1 Å². The lowest BCUT2D eigenvalue weighted by Gasteiger charge is -2.27. The highest BCUT2D eigenvalue weighted by atomic mass is 16.1. The van der Waals surface area contributed by atoms with E-state index >= 15 is 0 Å². The van der Waals surface area contributed by atoms with Gasteiger partial charge in [0.2, 0.25) is 0 Å². The van der Waals surface area contributed by atoms with Gasteiger partial charge >= 0.3 is 0 Å². The van der Waals surface area contributed by atoms with Gasteiger partial charge in [-0.2, -0.15) is 0 Å². The molecule has 0 saturated carbocycles. The third-order valence-electron chi connectivity index (χ3n) is 3.26. The van der Waals surface area contributed by atoms with Gasteiger partial charge in [-0.1, -0.05) is 19.1 Å². The van der Waals surface area contributed by atoms with Crippen LogP contribution in [0.25, 0.3) is 0 Å². The fourth-order valence-corrected chi connectivity index (χ4v) is 2.25. The third-order valence-corrected chi connectivity index (χ3v) is 3.26. The number of hydrogen-bond acceptors (Lipinski definition) is 1. The zero-order chi connectivity index (χ0) is 11.0. The van der Waals surface area contributed by atoms with Crippen LogP contribution in [0.1, 0.15) is 40.4 Å². The summed E-state index contributed by atoms with van der Waals surface area (Å²) in [6.45, 7) is 6.20. The molecule has 1 aliphatic rings. The Labute approximate surface area is 90.7 Å². The number of benzene rings is 1. The standard InChI is InChI=1S/C13H17NO/c1-4-10-7-11-8(2)5-6-9(3)12(11)13(15)14-10/h5-6,10H,4,7H2,1-3H3,(H,14,15). The van der Waals surface area contributed by atoms with Gasteiger partial charge in [0.05, 0.1) is 0 Å². The number of nitrogens with one attached hydrogen (secondary N) is 1. The topological polar surface area (TPSA) is 29.1 Å². The molecule has 2 heteroatoms. The fourth-order valence-electron chi connectivity index (χ4n) is 2.25. The maximum Gasteiger partial charge on any atom is 0.252 e. The van der Waals surface area contributed by atoms with Crippen LogP contribution in [0.4, 0.5) is 0 Å². The Bertz CT molecular complexity index is 409. The summed E-state index contributed by atoms with van der Waals surface area (Å²) in [5, 5.41) is 3.05. The normalized spacial score (nSPS) is 19.7. The molecule has 0 bridgehead atoms. The van der Waals surface area contributed by atoms with Gasteiger partial charge in [0, 0.05) is 11.6 Å². The van der Waals surface area contributed by atoms with E-state index in [1.807, 2.05) is 13.0 Å². The summed E-state index contributed by atoms with van der Waals surface area (Å²) in [6.07, 6.45) is 1.98. The molecule has 0 aromatic heterocycles. The lowest BCUT2D eigenvalue weighted by atomic mass is 9.88. The average molecular weight is 203 g/mol. The van der Waals surface area contributed by atoms with E-state index in [9.17, 15) is 4.79 Å². The minimum absolute atomic E-state index is 0.101. The summed E-state index contributed by atoms with van der Waals surface area (Å²) in [5.41, 5.74) is 4.47. The molecule has 1 N–H and O–H groups in total. The zero-order valence-electron chi connectivity index (χ0n) is 9.55. The Morgan fingerprint density at radius 3 is 2.67 bits per heavy atom. The first-order valence-electron chi connectivity index (χ1n) is 5.53. The SMILES string of the molecule is CCC1Cc2c(C)ccc(C)c2C(=O)N1. The molecule has 1 unspecified atom stereocenters. The van der Waals surface area contributed by atoms with E-state index in [1.54, 1.807) is 0 Å². The van der Waals surface area contributed by atoms with Crippen LogP contribution in [-0.4, -0.2) is 11.9 Å². The highest BCUT2D eigenvalue weighted by Gasteiger charge is 2.25. The lowest BCUT2D eigenvalue weighted by Crippen LogP contribution is -2.41. The van der Waals surface area contributed by atoms with E-state index in [-0.39, 0.29) is 5.91 Å². The Morgan fingerprint density at radius 2 is 2.00 bits per heavy atom. The molecule has 1 aliphatic heterocycles. The molecule has 1 aromatic carbocycles. The first-order chi connectivity index (χ1) is 7.13. The number of aryl methyl sites for hydroxylation is 2. The monoisotopic (exact) mass is 203 g/mol. The van der Waals surface area contributed by atoms with Crippen LogP contribution in [0.2, 0.25) is 0 Å². The van der Waals surface area contributed by atoms with Gasteiger partial charge in [0.15, 0.2) is 0 Å². The van der Waals surface area contributed by atoms with Crippen molar-refractivity contribution in [1.82, 2.24) is 5.32 Å². The third kappa shape index (κ3) is 1.65. The van der Waals surface area contributed by atoms with Crippen molar-refractivity contribution < 1.29 is 4.79 Å². The Balaban J connectivity index is 2.53. The minimum Gasteiger partial charge on any atom is -0.349 e. The number of rotatable bonds is 1. The van der Waals surface area contributed by atoms with Crippen molar-refractivity contribution in [3.05, 3.63) is 34.4 Å². The highest BCUT2D eigenvalue weighted by Crippen LogP contribution is 2.24. The summed E-state index contributed by atoms with van der Waals surface area (Å²) in [6, 6.07) is 4.45. The minimum atomic E-state index is 0.101. The molecule has 0 aliphatic carbocycles. The predicted molar refractivity (Wildman–Crippen MR) is 61.2 cm³/mol. The second-order valence-electron chi connectivity index (χ2n) is 4.34. The average Bonchev–Trinajstić information content (AvgIpc) is 2.23. The Morgan fingerprint density at radius 1 is 1.33 bits per heavy atom. The van der Waals surface area contributed by atoms with Crippen molar-refractivity contribution in [2.75, 3.05) is 0 Å². The molecule has 1 heterocycles. The van der Waals surface area contributed by atoms with Crippen molar-refractivity contribution in [3.63, 3.8) is 0 Å². The van der Waals surface area contributed by atoms with Gasteiger partial charge in [-0.25, -0.2) is 0 Å². The molecule has 80 valence electrons. The molecular formula is C13H17NO. The summed E-state index contributed by atoms with van der Waals surface area (Å²) in [4.78, 5) is 11.9. The van der Waals surface area contributed by atoms with Gasteiger partial charge in [0.25, 0.3) is 5.91 Å². The first kappa shape index (κ1) is 10.2. The van der Waals surface area contributed by atoms with Gasteiger partial charge in [-0.15, -0.1) is 0 Å². The van der Waals surface area contributed by atoms with Crippen LogP contribution in [0.15, 0.2) is 12.1 Å². The van der Waals surface area contributed by atoms with E-state index in [0.29, 0.717) is 6.04 Å². The zero-order valence-corrected chi connectivity index (χ0v) is 9.55. The number of carbonyl (C=O) groups is 1. The molecule has 1 atom stereocenters. The maximum absolute atomic E-state index is 11.9. The molecule has 1 aromatic rings. The molecular weight excluding hydrogens is 186 g/mol. The number of fused-ring (bicyclic) bond motifs is 1. The molecule has 2 nitrogen and oxygen atoms in total. The van der Waals surface area contributed by atoms with Crippen LogP contribution < -0.4 is 5.32 Å².